The number of thioether (sulfide) groups is 1. The number of hydrogen-bond acceptors (Lipinski definition) is 4. The molecule has 0 unspecified atom stereocenters. The van der Waals surface area contributed by atoms with Crippen LogP contribution in [-0.4, -0.2) is 29.0 Å². The van der Waals surface area contributed by atoms with Crippen molar-refractivity contribution in [3.63, 3.8) is 0 Å². The molecule has 0 N–H and O–H groups in total. The molecule has 4 nitrogen and oxygen atoms in total. The molecule has 3 heterocycles. The molecule has 8 heteroatoms. The number of rotatable bonds is 3. The van der Waals surface area contributed by atoms with Crippen LogP contribution in [0.2, 0.25) is 0 Å². The number of halogens is 2. The van der Waals surface area contributed by atoms with Crippen molar-refractivity contribution in [3.05, 3.63) is 87.1 Å². The second kappa shape index (κ2) is 7.46. The first-order valence-electron chi connectivity index (χ1n) is 9.78. The van der Waals surface area contributed by atoms with Crippen LogP contribution in [0.1, 0.15) is 26.4 Å². The van der Waals surface area contributed by atoms with E-state index >= 15 is 0 Å². The Morgan fingerprint density at radius 2 is 2.00 bits per heavy atom. The lowest BCUT2D eigenvalue weighted by atomic mass is 10.0. The van der Waals surface area contributed by atoms with E-state index in [9.17, 15) is 18.4 Å². The van der Waals surface area contributed by atoms with Gasteiger partial charge in [-0.25, -0.2) is 8.78 Å². The van der Waals surface area contributed by atoms with Crippen molar-refractivity contribution in [2.24, 2.45) is 0 Å². The van der Waals surface area contributed by atoms with Crippen LogP contribution in [0.4, 0.5) is 14.5 Å². The van der Waals surface area contributed by atoms with Crippen molar-refractivity contribution >= 4 is 40.6 Å². The van der Waals surface area contributed by atoms with Gasteiger partial charge in [-0.1, -0.05) is 29.8 Å². The number of amides is 2. The largest absolute Gasteiger partial charge is 0.310 e. The number of aryl methyl sites for hydroxylation is 1. The highest BCUT2D eigenvalue weighted by Gasteiger charge is 2.59. The van der Waals surface area contributed by atoms with Crippen LogP contribution in [0.15, 0.2) is 53.9 Å². The van der Waals surface area contributed by atoms with Gasteiger partial charge in [0.2, 0.25) is 0 Å². The van der Waals surface area contributed by atoms with Gasteiger partial charge in [-0.15, -0.1) is 23.1 Å². The summed E-state index contributed by atoms with van der Waals surface area (Å²) in [5.74, 6) is -1.21. The molecule has 3 aromatic rings. The van der Waals surface area contributed by atoms with Gasteiger partial charge in [0.1, 0.15) is 11.6 Å². The maximum absolute atomic E-state index is 14.4. The molecular weight excluding hydrogens is 438 g/mol. The van der Waals surface area contributed by atoms with E-state index in [4.69, 9.17) is 0 Å². The highest BCUT2D eigenvalue weighted by Crippen LogP contribution is 2.55. The molecular formula is C23H18F2N2O2S2. The number of thiophene rings is 1. The van der Waals surface area contributed by atoms with Crippen molar-refractivity contribution in [2.75, 3.05) is 17.2 Å². The van der Waals surface area contributed by atoms with Crippen molar-refractivity contribution in [1.29, 1.82) is 0 Å². The number of carbonyl (C=O) groups excluding carboxylic acids is 2. The number of hydrogen-bond donors (Lipinski definition) is 0. The lowest BCUT2D eigenvalue weighted by Crippen LogP contribution is -2.50. The molecule has 0 radical (unpaired) electrons. The molecule has 2 aliphatic rings. The zero-order valence-electron chi connectivity index (χ0n) is 16.6. The van der Waals surface area contributed by atoms with Crippen molar-refractivity contribution < 1.29 is 18.4 Å². The van der Waals surface area contributed by atoms with E-state index in [1.54, 1.807) is 11.0 Å². The maximum Gasteiger partial charge on any atom is 0.268 e. The number of nitrogens with zero attached hydrogens (tertiary/aromatic N) is 2. The quantitative estimate of drug-likeness (QED) is 0.562. The van der Waals surface area contributed by atoms with Gasteiger partial charge in [0, 0.05) is 29.5 Å². The summed E-state index contributed by atoms with van der Waals surface area (Å²) in [6.07, 6.45) is 0. The fraction of sp³-hybridized carbons (Fsp3) is 0.217. The molecule has 0 bridgehead atoms. The normalized spacial score (nSPS) is 20.0. The fourth-order valence-electron chi connectivity index (χ4n) is 4.24. The first kappa shape index (κ1) is 20.2. The summed E-state index contributed by atoms with van der Waals surface area (Å²) >= 11 is 2.77. The molecule has 1 saturated heterocycles. The van der Waals surface area contributed by atoms with Gasteiger partial charge in [0.15, 0.2) is 4.87 Å². The van der Waals surface area contributed by atoms with Crippen molar-refractivity contribution in [3.8, 4) is 0 Å². The Morgan fingerprint density at radius 3 is 2.74 bits per heavy atom. The second-order valence-electron chi connectivity index (χ2n) is 7.57. The van der Waals surface area contributed by atoms with Crippen LogP contribution in [0.5, 0.6) is 0 Å². The summed E-state index contributed by atoms with van der Waals surface area (Å²) in [6.45, 7) is 2.34. The van der Waals surface area contributed by atoms with Gasteiger partial charge in [0.05, 0.1) is 17.1 Å². The highest BCUT2D eigenvalue weighted by atomic mass is 32.2. The number of anilines is 1. The van der Waals surface area contributed by atoms with Crippen LogP contribution < -0.4 is 4.90 Å². The summed E-state index contributed by atoms with van der Waals surface area (Å²) in [5.41, 5.74) is 2.58. The monoisotopic (exact) mass is 456 g/mol. The molecule has 1 atom stereocenters. The summed E-state index contributed by atoms with van der Waals surface area (Å²) < 4.78 is 27.8. The Hall–Kier alpha value is -2.71. The van der Waals surface area contributed by atoms with Gasteiger partial charge < -0.3 is 9.80 Å². The number of benzene rings is 2. The zero-order valence-corrected chi connectivity index (χ0v) is 18.2. The molecule has 2 amide bonds. The first-order valence-corrected chi connectivity index (χ1v) is 11.6. The van der Waals surface area contributed by atoms with E-state index in [1.807, 2.05) is 36.6 Å². The van der Waals surface area contributed by atoms with Gasteiger partial charge in [-0.3, -0.25) is 9.59 Å². The third kappa shape index (κ3) is 3.08. The molecule has 0 saturated carbocycles. The average Bonchev–Trinajstić information content (AvgIpc) is 3.47. The summed E-state index contributed by atoms with van der Waals surface area (Å²) in [4.78, 5) is 29.7. The Balaban J connectivity index is 1.61. The predicted octanol–water partition coefficient (Wildman–Crippen LogP) is 4.92. The van der Waals surface area contributed by atoms with E-state index in [2.05, 4.69) is 0 Å². The molecule has 31 heavy (non-hydrogen) atoms. The summed E-state index contributed by atoms with van der Waals surface area (Å²) in [7, 11) is 0. The third-order valence-corrected chi connectivity index (χ3v) is 7.95. The average molecular weight is 457 g/mol. The molecule has 1 fully saturated rings. The SMILES string of the molecule is Cc1ccc2c(c1)[C@]1(SCCN1C(=O)c1cccs1)C(=O)N2Cc1ccc(F)cc1F. The standard InChI is InChI=1S/C23H18F2N2O2S2/c1-14-4-7-19-17(11-14)23(27(8-10-31-23)21(28)20-3-2-9-30-20)22(29)26(19)13-15-5-6-16(24)12-18(15)25/h2-7,9,11-12H,8,10,13H2,1H3/t23-/m0/s1. The Bertz CT molecular complexity index is 1200. The third-order valence-electron chi connectivity index (χ3n) is 5.67. The topological polar surface area (TPSA) is 40.6 Å². The van der Waals surface area contributed by atoms with Gasteiger partial charge in [0.25, 0.3) is 11.8 Å². The van der Waals surface area contributed by atoms with E-state index in [0.717, 1.165) is 17.2 Å². The Morgan fingerprint density at radius 1 is 1.16 bits per heavy atom. The van der Waals surface area contributed by atoms with Crippen LogP contribution in [-0.2, 0) is 16.2 Å². The van der Waals surface area contributed by atoms with Crippen molar-refractivity contribution in [1.82, 2.24) is 4.90 Å². The first-order chi connectivity index (χ1) is 14.9. The maximum atomic E-state index is 14.4. The zero-order chi connectivity index (χ0) is 21.8. The second-order valence-corrected chi connectivity index (χ2v) is 9.81. The Kier molecular flexibility index (Phi) is 4.86. The van der Waals surface area contributed by atoms with E-state index in [0.29, 0.717) is 22.9 Å². The molecule has 1 spiro atoms. The van der Waals surface area contributed by atoms with Gasteiger partial charge in [-0.05, 0) is 30.5 Å². The minimum absolute atomic E-state index is 0.0374. The fourth-order valence-corrected chi connectivity index (χ4v) is 6.36. The van der Waals surface area contributed by atoms with Crippen molar-refractivity contribution in [2.45, 2.75) is 18.3 Å². The summed E-state index contributed by atoms with van der Waals surface area (Å²) in [5, 5.41) is 1.83. The molecule has 0 aliphatic carbocycles. The molecule has 158 valence electrons. The van der Waals surface area contributed by atoms with Gasteiger partial charge >= 0.3 is 0 Å². The van der Waals surface area contributed by atoms with E-state index in [1.165, 1.54) is 40.1 Å². The van der Waals surface area contributed by atoms with E-state index < -0.39 is 16.5 Å². The highest BCUT2D eigenvalue weighted by molar-refractivity contribution is 8.01. The van der Waals surface area contributed by atoms with Crippen LogP contribution in [0, 0.1) is 18.6 Å². The lowest BCUT2D eigenvalue weighted by Gasteiger charge is -2.33. The van der Waals surface area contributed by atoms with Gasteiger partial charge in [-0.2, -0.15) is 0 Å². The summed E-state index contributed by atoms with van der Waals surface area (Å²) in [6, 6.07) is 12.6. The van der Waals surface area contributed by atoms with Crippen LogP contribution in [0.25, 0.3) is 0 Å². The minimum Gasteiger partial charge on any atom is -0.310 e. The number of carbonyl (C=O) groups is 2. The van der Waals surface area contributed by atoms with E-state index in [-0.39, 0.29) is 23.9 Å². The molecule has 2 aromatic carbocycles. The predicted molar refractivity (Wildman–Crippen MR) is 118 cm³/mol. The lowest BCUT2D eigenvalue weighted by molar-refractivity contribution is -0.123. The van der Waals surface area contributed by atoms with Crippen LogP contribution in [0.3, 0.4) is 0 Å². The molecule has 5 rings (SSSR count). The smallest absolute Gasteiger partial charge is 0.268 e. The number of fused-ring (bicyclic) bond motifs is 2. The minimum atomic E-state index is -1.18. The molecule has 2 aliphatic heterocycles. The molecule has 1 aromatic heterocycles. The Labute approximate surface area is 186 Å². The van der Waals surface area contributed by atoms with Crippen LogP contribution >= 0.6 is 23.1 Å².